The summed E-state index contributed by atoms with van der Waals surface area (Å²) in [6, 6.07) is 11.9. The van der Waals surface area contributed by atoms with Gasteiger partial charge in [-0.2, -0.15) is 0 Å². The van der Waals surface area contributed by atoms with Gasteiger partial charge in [0.25, 0.3) is 0 Å². The molecule has 0 atom stereocenters. The second-order valence-corrected chi connectivity index (χ2v) is 3.67. The molecule has 2 N–H and O–H groups in total. The van der Waals surface area contributed by atoms with Gasteiger partial charge in [-0.25, -0.2) is 4.39 Å². The molecule has 0 amide bonds. The number of benzene rings is 2. The summed E-state index contributed by atoms with van der Waals surface area (Å²) < 4.78 is 19.2. The topological polar surface area (TPSA) is 35.2 Å². The van der Waals surface area contributed by atoms with Crippen LogP contribution in [0.5, 0.6) is 5.75 Å². The summed E-state index contributed by atoms with van der Waals surface area (Å²) in [5.41, 5.74) is 7.40. The van der Waals surface area contributed by atoms with Gasteiger partial charge in [0.2, 0.25) is 0 Å². The molecule has 0 bridgehead atoms. The molecule has 0 saturated heterocycles. The van der Waals surface area contributed by atoms with Crippen LogP contribution in [-0.2, 0) is 0 Å². The molecule has 3 heteroatoms. The van der Waals surface area contributed by atoms with Gasteiger partial charge in [0.15, 0.2) is 0 Å². The number of ether oxygens (including phenoxy) is 1. The summed E-state index contributed by atoms with van der Waals surface area (Å²) in [5, 5.41) is 0. The van der Waals surface area contributed by atoms with Gasteiger partial charge in [-0.15, -0.1) is 0 Å². The van der Waals surface area contributed by atoms with Gasteiger partial charge in [-0.1, -0.05) is 18.2 Å². The van der Waals surface area contributed by atoms with Gasteiger partial charge in [-0.05, 0) is 31.2 Å². The highest BCUT2D eigenvalue weighted by Crippen LogP contribution is 2.32. The Kier molecular flexibility index (Phi) is 3.28. The van der Waals surface area contributed by atoms with E-state index in [4.69, 9.17) is 10.5 Å². The summed E-state index contributed by atoms with van der Waals surface area (Å²) in [4.78, 5) is 0. The molecule has 0 heterocycles. The van der Waals surface area contributed by atoms with Crippen molar-refractivity contribution >= 4 is 5.69 Å². The molecule has 2 nitrogen and oxygen atoms in total. The lowest BCUT2D eigenvalue weighted by atomic mass is 10.0. The number of nitrogens with two attached hydrogens (primary N) is 1. The van der Waals surface area contributed by atoms with E-state index in [0.717, 1.165) is 5.56 Å². The maximum atomic E-state index is 13.8. The Hall–Kier alpha value is -2.03. The highest BCUT2D eigenvalue weighted by molar-refractivity contribution is 5.73. The predicted molar refractivity (Wildman–Crippen MR) is 67.4 cm³/mol. The smallest absolute Gasteiger partial charge is 0.131 e. The first-order chi connectivity index (χ1) is 8.22. The van der Waals surface area contributed by atoms with Crippen LogP contribution < -0.4 is 10.5 Å². The second-order valence-electron chi connectivity index (χ2n) is 3.67. The number of anilines is 1. The lowest BCUT2D eigenvalue weighted by Gasteiger charge is -2.11. The molecule has 0 aromatic heterocycles. The molecule has 0 aliphatic carbocycles. The summed E-state index contributed by atoms with van der Waals surface area (Å²) >= 11 is 0. The van der Waals surface area contributed by atoms with E-state index in [9.17, 15) is 4.39 Å². The quantitative estimate of drug-likeness (QED) is 0.821. The number of nitrogen functional groups attached to an aromatic ring is 1. The van der Waals surface area contributed by atoms with Crippen LogP contribution in [0.1, 0.15) is 6.92 Å². The van der Waals surface area contributed by atoms with Gasteiger partial charge in [0.05, 0.1) is 6.61 Å². The van der Waals surface area contributed by atoms with Crippen molar-refractivity contribution in [1.82, 2.24) is 0 Å². The molecule has 2 aromatic carbocycles. The van der Waals surface area contributed by atoms with E-state index in [-0.39, 0.29) is 5.82 Å². The second kappa shape index (κ2) is 4.87. The molecular weight excluding hydrogens is 217 g/mol. The predicted octanol–water partition coefficient (Wildman–Crippen LogP) is 3.47. The number of rotatable bonds is 3. The largest absolute Gasteiger partial charge is 0.493 e. The van der Waals surface area contributed by atoms with Crippen molar-refractivity contribution < 1.29 is 9.13 Å². The third-order valence-electron chi connectivity index (χ3n) is 2.47. The van der Waals surface area contributed by atoms with Crippen LogP contribution in [0.4, 0.5) is 10.1 Å². The Labute approximate surface area is 99.8 Å². The van der Waals surface area contributed by atoms with Gasteiger partial charge >= 0.3 is 0 Å². The highest BCUT2D eigenvalue weighted by Gasteiger charge is 2.10. The van der Waals surface area contributed by atoms with Crippen LogP contribution in [-0.4, -0.2) is 6.61 Å². The van der Waals surface area contributed by atoms with Gasteiger partial charge in [0, 0.05) is 16.8 Å². The normalized spacial score (nSPS) is 10.2. The summed E-state index contributed by atoms with van der Waals surface area (Å²) in [6.45, 7) is 2.44. The lowest BCUT2D eigenvalue weighted by molar-refractivity contribution is 0.341. The van der Waals surface area contributed by atoms with Crippen LogP contribution in [0.3, 0.4) is 0 Å². The Bertz CT molecular complexity index is 525. The monoisotopic (exact) mass is 231 g/mol. The SMILES string of the molecule is CCOc1ccccc1-c1cc(N)ccc1F. The molecule has 0 saturated carbocycles. The van der Waals surface area contributed by atoms with Crippen LogP contribution >= 0.6 is 0 Å². The Morgan fingerprint density at radius 2 is 1.88 bits per heavy atom. The Morgan fingerprint density at radius 3 is 2.65 bits per heavy atom. The maximum absolute atomic E-state index is 13.8. The van der Waals surface area contributed by atoms with E-state index >= 15 is 0 Å². The van der Waals surface area contributed by atoms with Gasteiger partial charge in [-0.3, -0.25) is 0 Å². The fourth-order valence-corrected chi connectivity index (χ4v) is 1.72. The van der Waals surface area contributed by atoms with Gasteiger partial charge in [0.1, 0.15) is 11.6 Å². The van der Waals surface area contributed by atoms with Crippen molar-refractivity contribution in [1.29, 1.82) is 0 Å². The molecule has 0 aliphatic heterocycles. The summed E-state index contributed by atoms with van der Waals surface area (Å²) in [5.74, 6) is 0.367. The molecule has 0 radical (unpaired) electrons. The van der Waals surface area contributed by atoms with Crippen molar-refractivity contribution in [3.8, 4) is 16.9 Å². The van der Waals surface area contributed by atoms with E-state index in [0.29, 0.717) is 23.6 Å². The van der Waals surface area contributed by atoms with E-state index < -0.39 is 0 Å². The van der Waals surface area contributed by atoms with Crippen LogP contribution in [0.2, 0.25) is 0 Å². The highest BCUT2D eigenvalue weighted by atomic mass is 19.1. The molecule has 0 fully saturated rings. The van der Waals surface area contributed by atoms with Crippen molar-refractivity contribution in [2.24, 2.45) is 0 Å². The number of hydrogen-bond acceptors (Lipinski definition) is 2. The average molecular weight is 231 g/mol. The molecule has 0 spiro atoms. The average Bonchev–Trinajstić information content (AvgIpc) is 2.34. The molecular formula is C14H14FNO. The standard InChI is InChI=1S/C14H14FNO/c1-2-17-14-6-4-3-5-11(14)12-9-10(16)7-8-13(12)15/h3-9H,2,16H2,1H3. The van der Waals surface area contributed by atoms with E-state index in [1.807, 2.05) is 31.2 Å². The molecule has 0 unspecified atom stereocenters. The Balaban J connectivity index is 2.55. The minimum absolute atomic E-state index is 0.300. The number of para-hydroxylation sites is 1. The first kappa shape index (κ1) is 11.5. The number of hydrogen-bond donors (Lipinski definition) is 1. The van der Waals surface area contributed by atoms with E-state index in [2.05, 4.69) is 0 Å². The van der Waals surface area contributed by atoms with Crippen LogP contribution in [0.15, 0.2) is 42.5 Å². The minimum atomic E-state index is -0.300. The van der Waals surface area contributed by atoms with E-state index in [1.165, 1.54) is 6.07 Å². The van der Waals surface area contributed by atoms with E-state index in [1.54, 1.807) is 12.1 Å². The first-order valence-corrected chi connectivity index (χ1v) is 5.49. The third kappa shape index (κ3) is 2.38. The molecule has 2 aromatic rings. The van der Waals surface area contributed by atoms with Crippen LogP contribution in [0, 0.1) is 5.82 Å². The van der Waals surface area contributed by atoms with Crippen LogP contribution in [0.25, 0.3) is 11.1 Å². The Morgan fingerprint density at radius 1 is 1.12 bits per heavy atom. The van der Waals surface area contributed by atoms with Crippen molar-refractivity contribution in [2.45, 2.75) is 6.92 Å². The zero-order valence-corrected chi connectivity index (χ0v) is 9.61. The molecule has 0 aliphatic rings. The molecule has 17 heavy (non-hydrogen) atoms. The molecule has 2 rings (SSSR count). The van der Waals surface area contributed by atoms with Gasteiger partial charge < -0.3 is 10.5 Å². The fourth-order valence-electron chi connectivity index (χ4n) is 1.72. The summed E-state index contributed by atoms with van der Waals surface area (Å²) in [6.07, 6.45) is 0. The van der Waals surface area contributed by atoms with Crippen molar-refractivity contribution in [2.75, 3.05) is 12.3 Å². The number of halogens is 1. The minimum Gasteiger partial charge on any atom is -0.493 e. The zero-order valence-electron chi connectivity index (χ0n) is 9.61. The lowest BCUT2D eigenvalue weighted by Crippen LogP contribution is -1.96. The maximum Gasteiger partial charge on any atom is 0.131 e. The molecule has 88 valence electrons. The first-order valence-electron chi connectivity index (χ1n) is 5.49. The van der Waals surface area contributed by atoms with Crippen molar-refractivity contribution in [3.05, 3.63) is 48.3 Å². The zero-order chi connectivity index (χ0) is 12.3. The fraction of sp³-hybridized carbons (Fsp3) is 0.143. The summed E-state index contributed by atoms with van der Waals surface area (Å²) in [7, 11) is 0. The van der Waals surface area contributed by atoms with Crippen molar-refractivity contribution in [3.63, 3.8) is 0 Å². The third-order valence-corrected chi connectivity index (χ3v) is 2.47.